The number of amides is 2. The van der Waals surface area contributed by atoms with Crippen molar-refractivity contribution in [2.45, 2.75) is 52.7 Å². The van der Waals surface area contributed by atoms with E-state index < -0.39 is 0 Å². The van der Waals surface area contributed by atoms with Gasteiger partial charge < -0.3 is 20.7 Å². The summed E-state index contributed by atoms with van der Waals surface area (Å²) in [5.74, 6) is 0.0417. The molecule has 1 aliphatic heterocycles. The van der Waals surface area contributed by atoms with Crippen molar-refractivity contribution in [2.75, 3.05) is 23.8 Å². The number of ether oxygens (including phenoxy) is 1. The molecule has 2 rings (SSSR count). The van der Waals surface area contributed by atoms with Crippen molar-refractivity contribution in [1.82, 2.24) is 5.32 Å². The van der Waals surface area contributed by atoms with Crippen LogP contribution in [0.4, 0.5) is 11.4 Å². The number of benzene rings is 1. The summed E-state index contributed by atoms with van der Waals surface area (Å²) in [4.78, 5) is 24.5. The predicted octanol–water partition coefficient (Wildman–Crippen LogP) is 3.01. The molecule has 2 unspecified atom stereocenters. The minimum Gasteiger partial charge on any atom is -0.379 e. The molecule has 138 valence electrons. The number of hydrogen-bond donors (Lipinski definition) is 3. The van der Waals surface area contributed by atoms with Gasteiger partial charge in [0.05, 0.1) is 17.5 Å². The molecule has 6 heteroatoms. The zero-order chi connectivity index (χ0) is 18.4. The summed E-state index contributed by atoms with van der Waals surface area (Å²) in [6, 6.07) is 5.10. The van der Waals surface area contributed by atoms with E-state index in [-0.39, 0.29) is 29.9 Å². The zero-order valence-corrected chi connectivity index (χ0v) is 15.5. The fourth-order valence-electron chi connectivity index (χ4n) is 2.69. The second-order valence-electron chi connectivity index (χ2n) is 6.79. The van der Waals surface area contributed by atoms with Crippen molar-refractivity contribution in [3.63, 3.8) is 0 Å². The molecule has 0 aromatic heterocycles. The first-order chi connectivity index (χ1) is 11.9. The van der Waals surface area contributed by atoms with E-state index in [1.165, 1.54) is 0 Å². The second-order valence-corrected chi connectivity index (χ2v) is 6.79. The molecule has 1 aromatic rings. The molecule has 25 heavy (non-hydrogen) atoms. The molecule has 0 spiro atoms. The maximum Gasteiger partial charge on any atom is 0.251 e. The van der Waals surface area contributed by atoms with Gasteiger partial charge in [-0.1, -0.05) is 20.3 Å². The number of anilines is 2. The van der Waals surface area contributed by atoms with Crippen molar-refractivity contribution in [3.05, 3.63) is 23.8 Å². The molecule has 1 aromatic carbocycles. The van der Waals surface area contributed by atoms with Crippen molar-refractivity contribution >= 4 is 23.2 Å². The van der Waals surface area contributed by atoms with Crippen LogP contribution in [0, 0.1) is 5.92 Å². The average Bonchev–Trinajstić information content (AvgIpc) is 2.59. The molecule has 6 nitrogen and oxygen atoms in total. The molecule has 0 fully saturated rings. The van der Waals surface area contributed by atoms with Gasteiger partial charge in [0.2, 0.25) is 5.91 Å². The van der Waals surface area contributed by atoms with E-state index in [2.05, 4.69) is 22.9 Å². The molecule has 3 N–H and O–H groups in total. The van der Waals surface area contributed by atoms with E-state index in [9.17, 15) is 9.59 Å². The zero-order valence-electron chi connectivity index (χ0n) is 15.5. The summed E-state index contributed by atoms with van der Waals surface area (Å²) < 4.78 is 5.45. The summed E-state index contributed by atoms with van der Waals surface area (Å²) in [6.07, 6.45) is 1.89. The summed E-state index contributed by atoms with van der Waals surface area (Å²) in [5, 5.41) is 9.06. The third-order valence-corrected chi connectivity index (χ3v) is 4.40. The van der Waals surface area contributed by atoms with Crippen LogP contribution in [0.15, 0.2) is 18.2 Å². The van der Waals surface area contributed by atoms with E-state index in [1.54, 1.807) is 12.1 Å². The van der Waals surface area contributed by atoms with Crippen LogP contribution in [0.1, 0.15) is 50.9 Å². The fourth-order valence-corrected chi connectivity index (χ4v) is 2.69. The maximum absolute atomic E-state index is 12.2. The Bertz CT molecular complexity index is 616. The Labute approximate surface area is 149 Å². The average molecular weight is 347 g/mol. The summed E-state index contributed by atoms with van der Waals surface area (Å²) in [5.41, 5.74) is 2.04. The Hall–Kier alpha value is -2.08. The molecule has 0 aliphatic carbocycles. The highest BCUT2D eigenvalue weighted by Gasteiger charge is 2.29. The van der Waals surface area contributed by atoms with Crippen LogP contribution in [-0.2, 0) is 9.53 Å². The van der Waals surface area contributed by atoms with Crippen LogP contribution in [-0.4, -0.2) is 37.1 Å². The molecule has 0 radical (unpaired) electrons. The molecule has 0 saturated heterocycles. The summed E-state index contributed by atoms with van der Waals surface area (Å²) in [6.45, 7) is 9.27. The molecular formula is C19H29N3O3. The Kier molecular flexibility index (Phi) is 6.82. The Balaban J connectivity index is 1.94. The molecule has 2 atom stereocenters. The van der Waals surface area contributed by atoms with Gasteiger partial charge in [-0.25, -0.2) is 0 Å². The van der Waals surface area contributed by atoms with E-state index in [1.807, 2.05) is 26.8 Å². The lowest BCUT2D eigenvalue weighted by Crippen LogP contribution is -2.43. The highest BCUT2D eigenvalue weighted by molar-refractivity contribution is 6.05. The SMILES string of the molecule is CCC(C)C1Nc2ccc(C(=O)NCCCOC(C)C)cc2NC1=O. The van der Waals surface area contributed by atoms with Crippen LogP contribution in [0.2, 0.25) is 0 Å². The summed E-state index contributed by atoms with van der Waals surface area (Å²) >= 11 is 0. The Morgan fingerprint density at radius 2 is 2.04 bits per heavy atom. The topological polar surface area (TPSA) is 79.5 Å². The maximum atomic E-state index is 12.2. The molecule has 2 amide bonds. The first-order valence-electron chi connectivity index (χ1n) is 9.03. The standard InChI is InChI=1S/C19H29N3O3/c1-5-13(4)17-19(24)22-16-11-14(7-8-15(16)21-17)18(23)20-9-6-10-25-12(2)3/h7-8,11-13,17,21H,5-6,9-10H2,1-4H3,(H,20,23)(H,22,24). The number of fused-ring (bicyclic) bond motifs is 1. The minimum absolute atomic E-state index is 0.0507. The van der Waals surface area contributed by atoms with Gasteiger partial charge in [0.1, 0.15) is 6.04 Å². The van der Waals surface area contributed by atoms with E-state index in [4.69, 9.17) is 4.74 Å². The van der Waals surface area contributed by atoms with Gasteiger partial charge >= 0.3 is 0 Å². The minimum atomic E-state index is -0.238. The number of rotatable bonds is 8. The van der Waals surface area contributed by atoms with E-state index >= 15 is 0 Å². The van der Waals surface area contributed by atoms with Crippen molar-refractivity contribution < 1.29 is 14.3 Å². The lowest BCUT2D eigenvalue weighted by molar-refractivity contribution is -0.118. The van der Waals surface area contributed by atoms with Gasteiger partial charge in [-0.05, 0) is 44.4 Å². The molecule has 1 heterocycles. The Morgan fingerprint density at radius 3 is 2.72 bits per heavy atom. The monoisotopic (exact) mass is 347 g/mol. The van der Waals surface area contributed by atoms with Crippen LogP contribution in [0.3, 0.4) is 0 Å². The lowest BCUT2D eigenvalue weighted by atomic mass is 9.95. The number of hydrogen-bond acceptors (Lipinski definition) is 4. The molecule has 1 aliphatic rings. The van der Waals surface area contributed by atoms with Gasteiger partial charge in [-0.3, -0.25) is 9.59 Å². The first-order valence-corrected chi connectivity index (χ1v) is 9.03. The quantitative estimate of drug-likeness (QED) is 0.632. The highest BCUT2D eigenvalue weighted by atomic mass is 16.5. The predicted molar refractivity (Wildman–Crippen MR) is 100.0 cm³/mol. The third kappa shape index (κ3) is 5.19. The van der Waals surface area contributed by atoms with E-state index in [0.29, 0.717) is 24.4 Å². The van der Waals surface area contributed by atoms with Crippen LogP contribution >= 0.6 is 0 Å². The van der Waals surface area contributed by atoms with Gasteiger partial charge in [-0.15, -0.1) is 0 Å². The smallest absolute Gasteiger partial charge is 0.251 e. The molecular weight excluding hydrogens is 318 g/mol. The number of nitrogens with one attached hydrogen (secondary N) is 3. The first kappa shape index (κ1) is 19.2. The Morgan fingerprint density at radius 1 is 1.28 bits per heavy atom. The second kappa shape index (κ2) is 8.85. The number of carbonyl (C=O) groups excluding carboxylic acids is 2. The van der Waals surface area contributed by atoms with Crippen molar-refractivity contribution in [2.24, 2.45) is 5.92 Å². The highest BCUT2D eigenvalue weighted by Crippen LogP contribution is 2.30. The third-order valence-electron chi connectivity index (χ3n) is 4.40. The van der Waals surface area contributed by atoms with Crippen molar-refractivity contribution in [3.8, 4) is 0 Å². The lowest BCUT2D eigenvalue weighted by Gasteiger charge is -2.30. The molecule has 0 saturated carbocycles. The normalized spacial score (nSPS) is 17.5. The van der Waals surface area contributed by atoms with Gasteiger partial charge in [0, 0.05) is 18.7 Å². The van der Waals surface area contributed by atoms with Gasteiger partial charge in [0.15, 0.2) is 0 Å². The largest absolute Gasteiger partial charge is 0.379 e. The van der Waals surface area contributed by atoms with Crippen molar-refractivity contribution in [1.29, 1.82) is 0 Å². The number of carbonyl (C=O) groups is 2. The van der Waals surface area contributed by atoms with Crippen LogP contribution < -0.4 is 16.0 Å². The van der Waals surface area contributed by atoms with Crippen LogP contribution in [0.25, 0.3) is 0 Å². The summed E-state index contributed by atoms with van der Waals surface area (Å²) in [7, 11) is 0. The molecule has 0 bridgehead atoms. The fraction of sp³-hybridized carbons (Fsp3) is 0.579. The van der Waals surface area contributed by atoms with Gasteiger partial charge in [-0.2, -0.15) is 0 Å². The van der Waals surface area contributed by atoms with Gasteiger partial charge in [0.25, 0.3) is 5.91 Å². The van der Waals surface area contributed by atoms with Crippen LogP contribution in [0.5, 0.6) is 0 Å². The van der Waals surface area contributed by atoms with E-state index in [0.717, 1.165) is 18.5 Å².